The van der Waals surface area contributed by atoms with E-state index in [1.54, 1.807) is 0 Å². The monoisotopic (exact) mass is 980 g/mol. The second kappa shape index (κ2) is 19.1. The molecule has 2 aliphatic carbocycles. The molecular formula is C53H65B24N. The van der Waals surface area contributed by atoms with Gasteiger partial charge in [0, 0.05) is 27.9 Å². The first-order valence-electron chi connectivity index (χ1n) is 29.0. The van der Waals surface area contributed by atoms with Gasteiger partial charge in [0.15, 0.2) is 0 Å². The molecule has 78 heavy (non-hydrogen) atoms. The van der Waals surface area contributed by atoms with E-state index in [1.807, 2.05) is 0 Å². The lowest BCUT2D eigenvalue weighted by atomic mass is 9.59. The van der Waals surface area contributed by atoms with Gasteiger partial charge in [-0.15, -0.1) is 27.3 Å². The highest BCUT2D eigenvalue weighted by molar-refractivity contribution is 6.70. The molecule has 25 heteroatoms. The van der Waals surface area contributed by atoms with Gasteiger partial charge in [-0.25, -0.2) is 0 Å². The lowest BCUT2D eigenvalue weighted by molar-refractivity contribution is 0.669. The third-order valence-corrected chi connectivity index (χ3v) is 21.7. The smallest absolute Gasteiger partial charge is 0.142 e. The third kappa shape index (κ3) is 7.63. The fourth-order valence-corrected chi connectivity index (χ4v) is 16.0. The number of hydrogen-bond donors (Lipinski definition) is 0. The van der Waals surface area contributed by atoms with Crippen LogP contribution in [0.4, 0.5) is 17.1 Å². The van der Waals surface area contributed by atoms with E-state index in [2.05, 4.69) is 263 Å². The summed E-state index contributed by atoms with van der Waals surface area (Å²) in [5, 5.41) is 0. The molecule has 0 fully saturated rings. The fourth-order valence-electron chi connectivity index (χ4n) is 16.0. The zero-order chi connectivity index (χ0) is 57.3. The van der Waals surface area contributed by atoms with Crippen LogP contribution in [0.2, 0.25) is 0 Å². The van der Waals surface area contributed by atoms with Gasteiger partial charge in [-0.2, -0.15) is 0 Å². The van der Waals surface area contributed by atoms with Gasteiger partial charge in [-0.1, -0.05) is 148 Å². The minimum absolute atomic E-state index is 0.249. The highest BCUT2D eigenvalue weighted by atomic mass is 15.1. The second-order valence-corrected chi connectivity index (χ2v) is 25.9. The lowest BCUT2D eigenvalue weighted by Crippen LogP contribution is -2.55. The number of anilines is 3. The molecule has 2 aliphatic rings. The molecule has 8 aromatic carbocycles. The molecule has 1 atom stereocenters. The summed E-state index contributed by atoms with van der Waals surface area (Å²) in [4.78, 5) is 2.76. The summed E-state index contributed by atoms with van der Waals surface area (Å²) in [5.74, 6) is 0. The van der Waals surface area contributed by atoms with Crippen LogP contribution in [-0.2, 0) is 10.8 Å². The Labute approximate surface area is 490 Å². The van der Waals surface area contributed by atoms with Gasteiger partial charge < -0.3 is 4.90 Å². The summed E-state index contributed by atoms with van der Waals surface area (Å²) in [6.07, 6.45) is 0. The molecule has 10 rings (SSSR count). The van der Waals surface area contributed by atoms with Crippen LogP contribution in [0.25, 0.3) is 44.5 Å². The van der Waals surface area contributed by atoms with E-state index in [0.717, 1.165) is 0 Å². The molecule has 0 amide bonds. The van der Waals surface area contributed by atoms with Crippen LogP contribution in [0.15, 0.2) is 48.5 Å². The lowest BCUT2D eigenvalue weighted by Gasteiger charge is -2.39. The van der Waals surface area contributed by atoms with Crippen molar-refractivity contribution in [3.8, 4) is 44.5 Å². The maximum Gasteiger partial charge on any atom is 0.142 e. The SMILES string of the molecule is Bc1cc(-c2c(B)cc(N(c3cc(C4(C)c5ccc(B)c(B)c5-c5c(B)c(B)cc(B)c54)c(B)c(B)c3B)c3c(B)c(B)c4c(c3B)C(C)(C)c3c(B)cc(-c5c(B)c(B)c(B)c(B)c5B)cc3-4)c(B)c2B)c(B)c(B)c1B. The summed E-state index contributed by atoms with van der Waals surface area (Å²) in [6, 6.07) is 20.0. The molecule has 0 bridgehead atoms. The molecule has 1 unspecified atom stereocenters. The average Bonchev–Trinajstić information content (AvgIpc) is 4.06. The van der Waals surface area contributed by atoms with E-state index in [0.29, 0.717) is 0 Å². The number of nitrogens with zero attached hydrogens (tertiary/aromatic N) is 1. The molecular weight excluding hydrogens is 910 g/mol. The third-order valence-electron chi connectivity index (χ3n) is 21.7. The van der Waals surface area contributed by atoms with Gasteiger partial charge in [0.1, 0.15) is 188 Å². The fraction of sp³-hybridized carbons (Fsp3) is 0.0943. The van der Waals surface area contributed by atoms with E-state index in [9.17, 15) is 0 Å². The van der Waals surface area contributed by atoms with Crippen molar-refractivity contribution in [2.24, 2.45) is 0 Å². The summed E-state index contributed by atoms with van der Waals surface area (Å²) in [5.41, 5.74) is 54.3. The summed E-state index contributed by atoms with van der Waals surface area (Å²) >= 11 is 0. The number of benzene rings is 8. The Balaban J connectivity index is 1.33. The Morgan fingerprint density at radius 3 is 1.41 bits per heavy atom. The Morgan fingerprint density at radius 2 is 0.782 bits per heavy atom. The van der Waals surface area contributed by atoms with E-state index in [-0.39, 0.29) is 5.41 Å². The zero-order valence-corrected chi connectivity index (χ0v) is 53.1. The number of rotatable bonds is 6. The van der Waals surface area contributed by atoms with Crippen molar-refractivity contribution < 1.29 is 0 Å². The van der Waals surface area contributed by atoms with Crippen molar-refractivity contribution in [2.45, 2.75) is 31.6 Å². The molecule has 1 nitrogen and oxygen atoms in total. The van der Waals surface area contributed by atoms with Gasteiger partial charge in [0.25, 0.3) is 0 Å². The topological polar surface area (TPSA) is 3.24 Å². The number of fused-ring (bicyclic) bond motifs is 6. The molecule has 0 saturated heterocycles. The van der Waals surface area contributed by atoms with Crippen LogP contribution in [0.3, 0.4) is 0 Å². The maximum absolute atomic E-state index is 2.76. The predicted octanol–water partition coefficient (Wildman–Crippen LogP) is -27.7. The quantitative estimate of drug-likeness (QED) is 0.150. The molecule has 0 spiro atoms. The van der Waals surface area contributed by atoms with Crippen LogP contribution in [0.1, 0.15) is 48.6 Å². The first kappa shape index (κ1) is 56.4. The normalized spacial score (nSPS) is 14.7. The van der Waals surface area contributed by atoms with Gasteiger partial charge >= 0.3 is 0 Å². The largest absolute Gasteiger partial charge is 0.313 e. The van der Waals surface area contributed by atoms with Crippen LogP contribution < -0.4 is 136 Å². The van der Waals surface area contributed by atoms with Crippen LogP contribution in [-0.4, -0.2) is 188 Å². The molecule has 0 heterocycles. The van der Waals surface area contributed by atoms with Crippen molar-refractivity contribution in [3.63, 3.8) is 0 Å². The Bertz CT molecular complexity index is 4060. The van der Waals surface area contributed by atoms with Crippen molar-refractivity contribution in [2.75, 3.05) is 4.90 Å². The maximum atomic E-state index is 2.76. The average molecular weight is 976 g/mol. The first-order valence-corrected chi connectivity index (χ1v) is 29.0. The molecule has 0 aliphatic heterocycles. The van der Waals surface area contributed by atoms with Crippen LogP contribution >= 0.6 is 0 Å². The molecule has 8 aromatic rings. The second-order valence-electron chi connectivity index (χ2n) is 25.9. The highest BCUT2D eigenvalue weighted by Gasteiger charge is 2.46. The van der Waals surface area contributed by atoms with E-state index >= 15 is 0 Å². The molecule has 354 valence electrons. The van der Waals surface area contributed by atoms with Gasteiger partial charge in [0.05, 0.1) is 0 Å². The minimum Gasteiger partial charge on any atom is -0.313 e. The van der Waals surface area contributed by atoms with E-state index in [4.69, 9.17) is 0 Å². The highest BCUT2D eigenvalue weighted by Crippen LogP contribution is 2.51. The van der Waals surface area contributed by atoms with Crippen molar-refractivity contribution in [1.29, 1.82) is 0 Å². The minimum atomic E-state index is -0.403. The summed E-state index contributed by atoms with van der Waals surface area (Å²) in [7, 11) is 56.5. The van der Waals surface area contributed by atoms with E-state index in [1.165, 1.54) is 220 Å². The standard InChI is InChI=1S/C53H65B24N/c1-52(2)30-13(6-12(7-19(30)56)25-40(67)47(74)49(76)48(75)41(25)68)27-32(52)44(71)51(50(77)43(27)70)78(24-11-18(55)26(42(69)38(24)65)14-8-21(58)37(64)45(72)33(14)60)23-9-16(34(61)46(73)39(23)66)53(3)15-4-5-17(54)35(62)28(15)29-31(53)20(57)10-22(59)36(29)63/h4-11H,54-77H2,1-3H3. The number of hydrogen-bond acceptors (Lipinski definition) is 1. The molecule has 0 aromatic heterocycles. The predicted molar refractivity (Wildman–Crippen MR) is 423 cm³/mol. The van der Waals surface area contributed by atoms with E-state index < -0.39 is 5.41 Å². The molecule has 0 radical (unpaired) electrons. The van der Waals surface area contributed by atoms with Crippen molar-refractivity contribution >= 4 is 336 Å². The van der Waals surface area contributed by atoms with Crippen LogP contribution in [0, 0.1) is 0 Å². The first-order chi connectivity index (χ1) is 36.3. The summed E-state index contributed by atoms with van der Waals surface area (Å²) in [6.45, 7) is 7.56. The van der Waals surface area contributed by atoms with Crippen molar-refractivity contribution in [3.05, 3.63) is 76.3 Å². The van der Waals surface area contributed by atoms with Gasteiger partial charge in [-0.3, -0.25) is 0 Å². The van der Waals surface area contributed by atoms with Gasteiger partial charge in [0.2, 0.25) is 0 Å². The molecule has 0 N–H and O–H groups in total. The molecule has 0 saturated carbocycles. The summed E-state index contributed by atoms with van der Waals surface area (Å²) < 4.78 is 0. The Kier molecular flexibility index (Phi) is 13.8. The Hall–Kier alpha value is -4.88. The van der Waals surface area contributed by atoms with Gasteiger partial charge in [-0.05, 0) is 97.4 Å². The van der Waals surface area contributed by atoms with Crippen molar-refractivity contribution in [1.82, 2.24) is 0 Å². The Morgan fingerprint density at radius 1 is 0.282 bits per heavy atom. The zero-order valence-electron chi connectivity index (χ0n) is 53.1. The van der Waals surface area contributed by atoms with Crippen LogP contribution in [0.5, 0.6) is 0 Å².